The minimum absolute atomic E-state index is 0.654. The largest absolute Gasteiger partial charge is 0.497 e. The third-order valence-corrected chi connectivity index (χ3v) is 5.68. The molecular formula is C18H24N4OS. The molecule has 6 heteroatoms. The van der Waals surface area contributed by atoms with E-state index in [-0.39, 0.29) is 0 Å². The lowest BCUT2D eigenvalue weighted by atomic mass is 10.1. The molecule has 0 spiro atoms. The predicted molar refractivity (Wildman–Crippen MR) is 97.2 cm³/mol. The molecule has 1 aromatic heterocycles. The van der Waals surface area contributed by atoms with E-state index >= 15 is 0 Å². The molecule has 1 saturated heterocycles. The van der Waals surface area contributed by atoms with Crippen molar-refractivity contribution in [3.63, 3.8) is 0 Å². The summed E-state index contributed by atoms with van der Waals surface area (Å²) in [4.78, 5) is 9.68. The van der Waals surface area contributed by atoms with Crippen LogP contribution in [-0.4, -0.2) is 54.1 Å². The van der Waals surface area contributed by atoms with E-state index in [1.165, 1.54) is 18.4 Å². The first kappa shape index (κ1) is 15.8. The second-order valence-electron chi connectivity index (χ2n) is 6.64. The lowest BCUT2D eigenvalue weighted by Crippen LogP contribution is -2.47. The first-order chi connectivity index (χ1) is 11.8. The molecule has 0 amide bonds. The molecule has 0 atom stereocenters. The van der Waals surface area contributed by atoms with Gasteiger partial charge in [-0.25, -0.2) is 4.98 Å². The van der Waals surface area contributed by atoms with Gasteiger partial charge < -0.3 is 9.64 Å². The van der Waals surface area contributed by atoms with E-state index < -0.39 is 0 Å². The highest BCUT2D eigenvalue weighted by Gasteiger charge is 2.29. The number of rotatable bonds is 6. The zero-order valence-corrected chi connectivity index (χ0v) is 15.0. The Kier molecular flexibility index (Phi) is 4.67. The third kappa shape index (κ3) is 3.70. The molecule has 1 aliphatic heterocycles. The van der Waals surface area contributed by atoms with E-state index in [4.69, 9.17) is 9.72 Å². The molecule has 4 rings (SSSR count). The number of piperazine rings is 1. The van der Waals surface area contributed by atoms with Gasteiger partial charge in [-0.1, -0.05) is 12.1 Å². The van der Waals surface area contributed by atoms with Crippen LogP contribution >= 0.6 is 11.5 Å². The normalized spacial score (nSPS) is 18.8. The van der Waals surface area contributed by atoms with Crippen molar-refractivity contribution in [1.82, 2.24) is 14.3 Å². The van der Waals surface area contributed by atoms with Gasteiger partial charge in [0, 0.05) is 50.2 Å². The van der Waals surface area contributed by atoms with E-state index in [9.17, 15) is 0 Å². The third-order valence-electron chi connectivity index (χ3n) is 4.89. The molecule has 0 N–H and O–H groups in total. The number of anilines is 1. The van der Waals surface area contributed by atoms with Crippen LogP contribution in [0.1, 0.15) is 30.1 Å². The lowest BCUT2D eigenvalue weighted by Gasteiger charge is -2.34. The molecule has 24 heavy (non-hydrogen) atoms. The van der Waals surface area contributed by atoms with Crippen LogP contribution in [0, 0.1) is 0 Å². The Morgan fingerprint density at radius 2 is 1.88 bits per heavy atom. The van der Waals surface area contributed by atoms with Gasteiger partial charge in [0.05, 0.1) is 7.11 Å². The summed E-state index contributed by atoms with van der Waals surface area (Å²) in [5.41, 5.74) is 1.37. The summed E-state index contributed by atoms with van der Waals surface area (Å²) >= 11 is 1.57. The zero-order valence-electron chi connectivity index (χ0n) is 14.1. The summed E-state index contributed by atoms with van der Waals surface area (Å²) in [6.45, 7) is 5.44. The first-order valence-electron chi connectivity index (χ1n) is 8.75. The zero-order chi connectivity index (χ0) is 16.4. The summed E-state index contributed by atoms with van der Waals surface area (Å²) in [6, 6.07) is 8.41. The Labute approximate surface area is 147 Å². The molecule has 2 aromatic rings. The van der Waals surface area contributed by atoms with Crippen molar-refractivity contribution >= 4 is 16.7 Å². The molecule has 5 nitrogen and oxygen atoms in total. The number of ether oxygens (including phenoxy) is 1. The summed E-state index contributed by atoms with van der Waals surface area (Å²) < 4.78 is 9.74. The minimum Gasteiger partial charge on any atom is -0.497 e. The summed E-state index contributed by atoms with van der Waals surface area (Å²) in [5.74, 6) is 2.66. The van der Waals surface area contributed by atoms with Gasteiger partial charge in [0.1, 0.15) is 11.6 Å². The summed E-state index contributed by atoms with van der Waals surface area (Å²) in [5, 5.41) is 1.12. The van der Waals surface area contributed by atoms with Crippen molar-refractivity contribution < 1.29 is 4.74 Å². The van der Waals surface area contributed by atoms with Crippen LogP contribution in [0.25, 0.3) is 0 Å². The van der Waals surface area contributed by atoms with Gasteiger partial charge >= 0.3 is 0 Å². The van der Waals surface area contributed by atoms with Crippen LogP contribution in [0.5, 0.6) is 5.75 Å². The SMILES string of the molecule is COc1ccc(CCN2CCN(c3nc(C4CC4)ns3)CC2)cc1. The molecule has 0 unspecified atom stereocenters. The number of hydrogen-bond donors (Lipinski definition) is 0. The van der Waals surface area contributed by atoms with E-state index in [2.05, 4.69) is 26.3 Å². The Bertz CT molecular complexity index is 660. The van der Waals surface area contributed by atoms with Gasteiger partial charge in [0.25, 0.3) is 0 Å². The molecule has 0 bridgehead atoms. The predicted octanol–water partition coefficient (Wildman–Crippen LogP) is 2.79. The highest BCUT2D eigenvalue weighted by atomic mass is 32.1. The average molecular weight is 344 g/mol. The molecule has 1 saturated carbocycles. The highest BCUT2D eigenvalue weighted by molar-refractivity contribution is 7.09. The fourth-order valence-corrected chi connectivity index (χ4v) is 3.90. The topological polar surface area (TPSA) is 41.5 Å². The lowest BCUT2D eigenvalue weighted by molar-refractivity contribution is 0.261. The van der Waals surface area contributed by atoms with E-state index in [1.807, 2.05) is 12.1 Å². The van der Waals surface area contributed by atoms with Crippen LogP contribution in [0.15, 0.2) is 24.3 Å². The Hall–Kier alpha value is -1.66. The van der Waals surface area contributed by atoms with E-state index in [0.717, 1.165) is 55.9 Å². The molecule has 128 valence electrons. The second-order valence-corrected chi connectivity index (χ2v) is 7.37. The van der Waals surface area contributed by atoms with Crippen molar-refractivity contribution in [2.45, 2.75) is 25.2 Å². The standard InChI is InChI=1S/C18H24N4OS/c1-23-16-6-2-14(3-7-16)8-9-21-10-12-22(13-11-21)18-19-17(20-24-18)15-4-5-15/h2-3,6-7,15H,4-5,8-13H2,1H3. The maximum Gasteiger partial charge on any atom is 0.205 e. The fourth-order valence-electron chi connectivity index (χ4n) is 3.10. The van der Waals surface area contributed by atoms with Gasteiger partial charge in [-0.05, 0) is 37.0 Å². The van der Waals surface area contributed by atoms with Gasteiger partial charge in [-0.3, -0.25) is 4.90 Å². The minimum atomic E-state index is 0.654. The van der Waals surface area contributed by atoms with Crippen molar-refractivity contribution in [2.75, 3.05) is 44.7 Å². The van der Waals surface area contributed by atoms with Crippen LogP contribution in [-0.2, 0) is 6.42 Å². The van der Waals surface area contributed by atoms with Crippen molar-refractivity contribution in [1.29, 1.82) is 0 Å². The van der Waals surface area contributed by atoms with E-state index in [0.29, 0.717) is 5.92 Å². The smallest absolute Gasteiger partial charge is 0.205 e. The maximum absolute atomic E-state index is 5.21. The van der Waals surface area contributed by atoms with Gasteiger partial charge in [0.15, 0.2) is 0 Å². The van der Waals surface area contributed by atoms with Crippen LogP contribution in [0.2, 0.25) is 0 Å². The molecule has 2 fully saturated rings. The number of methoxy groups -OCH3 is 1. The Morgan fingerprint density at radius 1 is 1.12 bits per heavy atom. The number of aromatic nitrogens is 2. The molecule has 1 aliphatic carbocycles. The van der Waals surface area contributed by atoms with Crippen LogP contribution < -0.4 is 9.64 Å². The van der Waals surface area contributed by atoms with Gasteiger partial charge in [-0.15, -0.1) is 0 Å². The second kappa shape index (κ2) is 7.07. The maximum atomic E-state index is 5.21. The molecule has 1 aromatic carbocycles. The van der Waals surface area contributed by atoms with Gasteiger partial charge in [0.2, 0.25) is 5.13 Å². The average Bonchev–Trinajstić information content (AvgIpc) is 3.38. The molecule has 2 heterocycles. The molecule has 2 aliphatic rings. The van der Waals surface area contributed by atoms with Gasteiger partial charge in [-0.2, -0.15) is 4.37 Å². The monoisotopic (exact) mass is 344 g/mol. The summed E-state index contributed by atoms with van der Waals surface area (Å²) in [7, 11) is 1.71. The van der Waals surface area contributed by atoms with E-state index in [1.54, 1.807) is 18.6 Å². The Morgan fingerprint density at radius 3 is 2.54 bits per heavy atom. The first-order valence-corrected chi connectivity index (χ1v) is 9.53. The van der Waals surface area contributed by atoms with Crippen LogP contribution in [0.4, 0.5) is 5.13 Å². The Balaban J connectivity index is 1.24. The fraction of sp³-hybridized carbons (Fsp3) is 0.556. The molecule has 0 radical (unpaired) electrons. The van der Waals surface area contributed by atoms with Crippen LogP contribution in [0.3, 0.4) is 0 Å². The van der Waals surface area contributed by atoms with Crippen molar-refractivity contribution in [2.24, 2.45) is 0 Å². The highest BCUT2D eigenvalue weighted by Crippen LogP contribution is 2.39. The van der Waals surface area contributed by atoms with Crippen molar-refractivity contribution in [3.8, 4) is 5.75 Å². The van der Waals surface area contributed by atoms with Crippen molar-refractivity contribution in [3.05, 3.63) is 35.7 Å². The summed E-state index contributed by atoms with van der Waals surface area (Å²) in [6.07, 6.45) is 3.64. The number of benzene rings is 1. The number of hydrogen-bond acceptors (Lipinski definition) is 6. The number of nitrogens with zero attached hydrogens (tertiary/aromatic N) is 4. The molecular weight excluding hydrogens is 320 g/mol. The quantitative estimate of drug-likeness (QED) is 0.806.